The minimum Gasteiger partial charge on any atom is -0.489 e. The lowest BCUT2D eigenvalue weighted by Crippen LogP contribution is -1.98. The zero-order valence-electron chi connectivity index (χ0n) is 17.0. The maximum Gasteiger partial charge on any atom is 0.231 e. The smallest absolute Gasteiger partial charge is 0.231 e. The highest BCUT2D eigenvalue weighted by molar-refractivity contribution is 6.15. The van der Waals surface area contributed by atoms with Gasteiger partial charge in [-0.25, -0.2) is 4.39 Å². The quantitative estimate of drug-likeness (QED) is 0.377. The van der Waals surface area contributed by atoms with Gasteiger partial charge in [0.25, 0.3) is 0 Å². The first kappa shape index (κ1) is 19.1. The van der Waals surface area contributed by atoms with Crippen LogP contribution in [0.2, 0.25) is 0 Å². The predicted octanol–water partition coefficient (Wildman–Crippen LogP) is 6.00. The molecule has 0 aliphatic carbocycles. The van der Waals surface area contributed by atoms with Crippen molar-refractivity contribution in [2.75, 3.05) is 0 Å². The molecule has 31 heavy (non-hydrogen) atoms. The molecule has 5 rings (SSSR count). The second-order valence-corrected chi connectivity index (χ2v) is 7.37. The number of aromatic nitrogens is 1. The molecule has 0 unspecified atom stereocenters. The molecule has 1 aliphatic heterocycles. The molecule has 0 saturated heterocycles. The molecule has 0 radical (unpaired) electrons. The van der Waals surface area contributed by atoms with E-state index < -0.39 is 0 Å². The van der Waals surface area contributed by atoms with E-state index in [-0.39, 0.29) is 24.0 Å². The number of benzene rings is 3. The number of Topliss-reactive ketones (excluding diaryl/α,β-unsaturated/α-hetero) is 1. The lowest BCUT2D eigenvalue weighted by molar-refractivity contribution is 0.101. The van der Waals surface area contributed by atoms with Crippen LogP contribution in [0, 0.1) is 5.82 Å². The van der Waals surface area contributed by atoms with Crippen molar-refractivity contribution in [3.8, 4) is 11.5 Å². The Morgan fingerprint density at radius 3 is 2.71 bits per heavy atom. The van der Waals surface area contributed by atoms with Crippen molar-refractivity contribution in [1.82, 2.24) is 4.57 Å². The number of allylic oxidation sites excluding steroid dienone is 1. The van der Waals surface area contributed by atoms with E-state index in [1.54, 1.807) is 42.5 Å². The van der Waals surface area contributed by atoms with E-state index in [9.17, 15) is 9.18 Å². The summed E-state index contributed by atoms with van der Waals surface area (Å²) in [6.07, 6.45) is 3.82. The molecular weight excluding hydrogens is 393 g/mol. The average molecular weight is 413 g/mol. The van der Waals surface area contributed by atoms with Gasteiger partial charge in [0.1, 0.15) is 23.9 Å². The lowest BCUT2D eigenvalue weighted by atomic mass is 10.1. The molecule has 1 aliphatic rings. The Labute approximate surface area is 179 Å². The Morgan fingerprint density at radius 2 is 1.87 bits per heavy atom. The van der Waals surface area contributed by atoms with Crippen molar-refractivity contribution in [3.63, 3.8) is 0 Å². The van der Waals surface area contributed by atoms with Crippen LogP contribution < -0.4 is 9.47 Å². The SMILES string of the molecule is CCn1cc(/C=C2\Oc3cc(OCc4ccccc4F)ccc3C2=O)c2ccccc21. The minimum absolute atomic E-state index is 0.0959. The van der Waals surface area contributed by atoms with Gasteiger partial charge in [-0.1, -0.05) is 36.4 Å². The summed E-state index contributed by atoms with van der Waals surface area (Å²) >= 11 is 0. The monoisotopic (exact) mass is 413 g/mol. The number of carbonyl (C=O) groups excluding carboxylic acids is 1. The summed E-state index contributed by atoms with van der Waals surface area (Å²) in [4.78, 5) is 12.9. The maximum absolute atomic E-state index is 13.8. The van der Waals surface area contributed by atoms with Crippen LogP contribution in [0.4, 0.5) is 4.39 Å². The number of ether oxygens (including phenoxy) is 2. The highest BCUT2D eigenvalue weighted by Crippen LogP contribution is 2.36. The van der Waals surface area contributed by atoms with Crippen LogP contribution in [0.15, 0.2) is 78.7 Å². The molecule has 4 nitrogen and oxygen atoms in total. The van der Waals surface area contributed by atoms with Crippen LogP contribution in [0.1, 0.15) is 28.4 Å². The molecule has 0 amide bonds. The molecule has 3 aromatic carbocycles. The van der Waals surface area contributed by atoms with Crippen LogP contribution in [0.25, 0.3) is 17.0 Å². The normalized spacial score (nSPS) is 14.1. The Balaban J connectivity index is 1.41. The number of rotatable bonds is 5. The van der Waals surface area contributed by atoms with Crippen molar-refractivity contribution in [2.45, 2.75) is 20.1 Å². The van der Waals surface area contributed by atoms with Gasteiger partial charge in [-0.15, -0.1) is 0 Å². The predicted molar refractivity (Wildman–Crippen MR) is 118 cm³/mol. The second-order valence-electron chi connectivity index (χ2n) is 7.37. The van der Waals surface area contributed by atoms with Crippen LogP contribution in [0.5, 0.6) is 11.5 Å². The van der Waals surface area contributed by atoms with Gasteiger partial charge in [0.15, 0.2) is 5.76 Å². The summed E-state index contributed by atoms with van der Waals surface area (Å²) in [5, 5.41) is 1.07. The van der Waals surface area contributed by atoms with Crippen molar-refractivity contribution >= 4 is 22.8 Å². The van der Waals surface area contributed by atoms with Gasteiger partial charge in [-0.2, -0.15) is 0 Å². The van der Waals surface area contributed by atoms with Gasteiger partial charge in [0, 0.05) is 40.8 Å². The molecule has 2 heterocycles. The van der Waals surface area contributed by atoms with Gasteiger partial charge in [0.2, 0.25) is 5.78 Å². The van der Waals surface area contributed by atoms with Gasteiger partial charge < -0.3 is 14.0 Å². The molecule has 0 saturated carbocycles. The number of aryl methyl sites for hydroxylation is 1. The van der Waals surface area contributed by atoms with E-state index in [2.05, 4.69) is 17.6 Å². The van der Waals surface area contributed by atoms with E-state index in [1.807, 2.05) is 24.4 Å². The first-order chi connectivity index (χ1) is 15.1. The third-order valence-electron chi connectivity index (χ3n) is 5.44. The summed E-state index contributed by atoms with van der Waals surface area (Å²) in [6.45, 7) is 3.01. The van der Waals surface area contributed by atoms with Crippen LogP contribution >= 0.6 is 0 Å². The van der Waals surface area contributed by atoms with Gasteiger partial charge in [0.05, 0.1) is 5.56 Å². The van der Waals surface area contributed by atoms with E-state index in [4.69, 9.17) is 9.47 Å². The third-order valence-corrected chi connectivity index (χ3v) is 5.44. The first-order valence-electron chi connectivity index (χ1n) is 10.2. The molecule has 0 atom stereocenters. The molecule has 0 fully saturated rings. The van der Waals surface area contributed by atoms with E-state index in [0.717, 1.165) is 23.0 Å². The summed E-state index contributed by atoms with van der Waals surface area (Å²) in [5.74, 6) is 0.760. The van der Waals surface area contributed by atoms with Crippen molar-refractivity contribution in [2.24, 2.45) is 0 Å². The van der Waals surface area contributed by atoms with E-state index in [1.165, 1.54) is 6.07 Å². The lowest BCUT2D eigenvalue weighted by Gasteiger charge is -2.08. The second kappa shape index (κ2) is 7.76. The fraction of sp³-hybridized carbons (Fsp3) is 0.115. The molecular formula is C26H20FNO3. The highest BCUT2D eigenvalue weighted by atomic mass is 19.1. The summed E-state index contributed by atoms with van der Waals surface area (Å²) in [5.41, 5.74) is 3.00. The van der Waals surface area contributed by atoms with Crippen LogP contribution in [0.3, 0.4) is 0 Å². The first-order valence-corrected chi connectivity index (χ1v) is 10.2. The molecule has 0 spiro atoms. The number of ketones is 1. The van der Waals surface area contributed by atoms with Crippen molar-refractivity contribution in [3.05, 3.63) is 101 Å². The number of hydrogen-bond donors (Lipinski definition) is 0. The molecule has 5 heteroatoms. The fourth-order valence-corrected chi connectivity index (χ4v) is 3.83. The van der Waals surface area contributed by atoms with Crippen LogP contribution in [-0.2, 0) is 13.2 Å². The average Bonchev–Trinajstić information content (AvgIpc) is 3.30. The van der Waals surface area contributed by atoms with Gasteiger partial charge >= 0.3 is 0 Å². The Morgan fingerprint density at radius 1 is 1.06 bits per heavy atom. The Bertz CT molecular complexity index is 1340. The van der Waals surface area contributed by atoms with E-state index >= 15 is 0 Å². The van der Waals surface area contributed by atoms with Crippen molar-refractivity contribution in [1.29, 1.82) is 0 Å². The molecule has 1 aromatic heterocycles. The Kier molecular flexibility index (Phi) is 4.79. The largest absolute Gasteiger partial charge is 0.489 e. The molecule has 154 valence electrons. The number of halogens is 1. The summed E-state index contributed by atoms with van der Waals surface area (Å²) in [6, 6.07) is 19.6. The molecule has 0 bridgehead atoms. The number of para-hydroxylation sites is 1. The molecule has 4 aromatic rings. The maximum atomic E-state index is 13.8. The summed E-state index contributed by atoms with van der Waals surface area (Å²) in [7, 11) is 0. The third kappa shape index (κ3) is 3.48. The van der Waals surface area contributed by atoms with Gasteiger partial charge in [-0.05, 0) is 37.3 Å². The van der Waals surface area contributed by atoms with Crippen LogP contribution in [-0.4, -0.2) is 10.4 Å². The minimum atomic E-state index is -0.313. The topological polar surface area (TPSA) is 40.5 Å². The standard InChI is InChI=1S/C26H20FNO3/c1-2-28-15-18(20-8-4-6-10-23(20)28)13-25-26(29)21-12-11-19(14-24(21)31-25)30-16-17-7-3-5-9-22(17)27/h3-15H,2,16H2,1H3/b25-13-. The summed E-state index contributed by atoms with van der Waals surface area (Å²) < 4.78 is 27.5. The number of fused-ring (bicyclic) bond motifs is 2. The zero-order chi connectivity index (χ0) is 21.4. The number of nitrogens with zero attached hydrogens (tertiary/aromatic N) is 1. The van der Waals surface area contributed by atoms with Gasteiger partial charge in [-0.3, -0.25) is 4.79 Å². The van der Waals surface area contributed by atoms with E-state index in [0.29, 0.717) is 22.6 Å². The Hall–Kier alpha value is -3.86. The highest BCUT2D eigenvalue weighted by Gasteiger charge is 2.28. The molecule has 0 N–H and O–H groups in total. The van der Waals surface area contributed by atoms with Crippen molar-refractivity contribution < 1.29 is 18.7 Å². The zero-order valence-corrected chi connectivity index (χ0v) is 17.0. The number of hydrogen-bond acceptors (Lipinski definition) is 3. The fourth-order valence-electron chi connectivity index (χ4n) is 3.83. The number of carbonyl (C=O) groups is 1.